The number of hydrogen-bond acceptors (Lipinski definition) is 4. The maximum atomic E-state index is 12.7. The smallest absolute Gasteiger partial charge is 0.253 e. The molecule has 1 N–H and O–H groups in total. The van der Waals surface area contributed by atoms with Crippen molar-refractivity contribution >= 4 is 29.4 Å². The van der Waals surface area contributed by atoms with Crippen molar-refractivity contribution in [1.82, 2.24) is 9.88 Å². The third kappa shape index (κ3) is 4.96. The van der Waals surface area contributed by atoms with Crippen LogP contribution in [0, 0.1) is 13.8 Å². The van der Waals surface area contributed by atoms with Gasteiger partial charge in [0, 0.05) is 41.6 Å². The van der Waals surface area contributed by atoms with E-state index in [2.05, 4.69) is 35.7 Å². The summed E-state index contributed by atoms with van der Waals surface area (Å²) in [6.07, 6.45) is 2.52. The van der Waals surface area contributed by atoms with Gasteiger partial charge in [0.05, 0.1) is 18.3 Å². The summed E-state index contributed by atoms with van der Waals surface area (Å²) >= 11 is 6.51. The van der Waals surface area contributed by atoms with Crippen LogP contribution in [0.4, 0.5) is 11.4 Å². The third-order valence-corrected chi connectivity index (χ3v) is 6.32. The first kappa shape index (κ1) is 23.4. The van der Waals surface area contributed by atoms with Crippen molar-refractivity contribution in [2.24, 2.45) is 0 Å². The van der Waals surface area contributed by atoms with Gasteiger partial charge in [-0.1, -0.05) is 24.9 Å². The molecule has 168 valence electrons. The van der Waals surface area contributed by atoms with E-state index in [-0.39, 0.29) is 12.1 Å². The van der Waals surface area contributed by atoms with E-state index in [1.807, 2.05) is 32.0 Å². The Labute approximate surface area is 189 Å². The molecule has 2 aromatic rings. The van der Waals surface area contributed by atoms with Crippen LogP contribution in [0.3, 0.4) is 0 Å². The van der Waals surface area contributed by atoms with Gasteiger partial charge in [0.1, 0.15) is 0 Å². The molecule has 7 heteroatoms. The first-order chi connectivity index (χ1) is 14.8. The van der Waals surface area contributed by atoms with Gasteiger partial charge in [0.2, 0.25) is 6.41 Å². The van der Waals surface area contributed by atoms with Crippen LogP contribution >= 0.6 is 11.6 Å². The van der Waals surface area contributed by atoms with E-state index in [0.717, 1.165) is 67.1 Å². The van der Waals surface area contributed by atoms with Gasteiger partial charge in [-0.25, -0.2) is 0 Å². The van der Waals surface area contributed by atoms with Crippen molar-refractivity contribution < 1.29 is 4.79 Å². The number of anilines is 2. The predicted molar refractivity (Wildman–Crippen MR) is 129 cm³/mol. The fourth-order valence-corrected chi connectivity index (χ4v) is 4.74. The molecule has 0 radical (unpaired) electrons. The minimum atomic E-state index is -0.136. The number of benzene rings is 1. The minimum Gasteiger partial charge on any atom is -0.366 e. The summed E-state index contributed by atoms with van der Waals surface area (Å²) in [5.74, 6) is 0. The number of rotatable bonds is 9. The zero-order valence-electron chi connectivity index (χ0n) is 19.2. The lowest BCUT2D eigenvalue weighted by molar-refractivity contribution is -0.107. The number of aromatic amines is 1. The molecule has 1 fully saturated rings. The van der Waals surface area contributed by atoms with Crippen LogP contribution in [-0.2, 0) is 17.8 Å². The van der Waals surface area contributed by atoms with E-state index in [9.17, 15) is 9.59 Å². The van der Waals surface area contributed by atoms with Crippen molar-refractivity contribution in [2.45, 2.75) is 53.1 Å². The van der Waals surface area contributed by atoms with Gasteiger partial charge in [0.25, 0.3) is 5.56 Å². The Morgan fingerprint density at radius 3 is 2.45 bits per heavy atom. The van der Waals surface area contributed by atoms with E-state index < -0.39 is 0 Å². The fourth-order valence-electron chi connectivity index (χ4n) is 4.54. The number of halogens is 1. The second-order valence-corrected chi connectivity index (χ2v) is 8.94. The quantitative estimate of drug-likeness (QED) is 0.596. The molecule has 0 aliphatic carbocycles. The SMILES string of the molecule is CCCc1cc(C)[nH]c(=O)c1CN(C=O)c1cc(Cl)cc(N(CC)C2CN(C)C2)c1C. The molecular formula is C24H33ClN4O2. The Kier molecular flexibility index (Phi) is 7.44. The second-order valence-electron chi connectivity index (χ2n) is 8.50. The standard InChI is InChI=1S/C24H33ClN4O2/c1-6-8-18-9-16(3)26-24(31)21(18)14-28(15-30)22-10-19(25)11-23(17(22)4)29(7-2)20-12-27(5)13-20/h9-11,15,20H,6-8,12-14H2,1-5H3,(H,26,31). The molecule has 31 heavy (non-hydrogen) atoms. The number of amides is 1. The van der Waals surface area contributed by atoms with Crippen molar-refractivity contribution in [3.63, 3.8) is 0 Å². The van der Waals surface area contributed by atoms with E-state index >= 15 is 0 Å². The average Bonchev–Trinajstić information content (AvgIpc) is 2.69. The number of carbonyl (C=O) groups is 1. The number of pyridine rings is 1. The number of carbonyl (C=O) groups excluding carboxylic acids is 1. The van der Waals surface area contributed by atoms with Crippen molar-refractivity contribution in [3.8, 4) is 0 Å². The van der Waals surface area contributed by atoms with Crippen LogP contribution in [-0.4, -0.2) is 49.0 Å². The molecule has 0 saturated carbocycles. The van der Waals surface area contributed by atoms with Gasteiger partial charge >= 0.3 is 0 Å². The van der Waals surface area contributed by atoms with Crippen LogP contribution in [0.5, 0.6) is 0 Å². The fraction of sp³-hybridized carbons (Fsp3) is 0.500. The molecule has 3 rings (SSSR count). The molecule has 0 atom stereocenters. The Morgan fingerprint density at radius 2 is 1.87 bits per heavy atom. The largest absolute Gasteiger partial charge is 0.366 e. The number of aromatic nitrogens is 1. The highest BCUT2D eigenvalue weighted by molar-refractivity contribution is 6.31. The number of nitrogens with one attached hydrogen (secondary N) is 1. The van der Waals surface area contributed by atoms with Crippen molar-refractivity contribution in [1.29, 1.82) is 0 Å². The Hall–Kier alpha value is -2.31. The summed E-state index contributed by atoms with van der Waals surface area (Å²) in [4.78, 5) is 34.0. The van der Waals surface area contributed by atoms with Crippen molar-refractivity contribution in [2.75, 3.05) is 36.5 Å². The zero-order valence-corrected chi connectivity index (χ0v) is 19.9. The second kappa shape index (κ2) is 9.88. The van der Waals surface area contributed by atoms with Crippen LogP contribution in [0.2, 0.25) is 5.02 Å². The first-order valence-electron chi connectivity index (χ1n) is 11.0. The molecule has 0 bridgehead atoms. The van der Waals surface area contributed by atoms with Gasteiger partial charge < -0.3 is 19.7 Å². The molecule has 0 spiro atoms. The molecular weight excluding hydrogens is 412 g/mol. The summed E-state index contributed by atoms with van der Waals surface area (Å²) in [6.45, 7) is 11.2. The monoisotopic (exact) mass is 444 g/mol. The number of nitrogens with zero attached hydrogens (tertiary/aromatic N) is 3. The summed E-state index contributed by atoms with van der Waals surface area (Å²) in [6, 6.07) is 6.23. The number of H-pyrrole nitrogens is 1. The van der Waals surface area contributed by atoms with Crippen LogP contribution < -0.4 is 15.4 Å². The Balaban J connectivity index is 2.01. The lowest BCUT2D eigenvalue weighted by Crippen LogP contribution is -2.58. The Bertz CT molecular complexity index is 998. The summed E-state index contributed by atoms with van der Waals surface area (Å²) in [7, 11) is 2.11. The van der Waals surface area contributed by atoms with E-state index in [1.54, 1.807) is 4.90 Å². The predicted octanol–water partition coefficient (Wildman–Crippen LogP) is 3.90. The number of aryl methyl sites for hydroxylation is 2. The molecule has 1 aliphatic heterocycles. The molecule has 1 aliphatic rings. The number of likely N-dealkylation sites (tertiary alicyclic amines) is 1. The lowest BCUT2D eigenvalue weighted by atomic mass is 10.0. The maximum absolute atomic E-state index is 12.7. The minimum absolute atomic E-state index is 0.136. The van der Waals surface area contributed by atoms with Crippen LogP contribution in [0.25, 0.3) is 0 Å². The van der Waals surface area contributed by atoms with Crippen molar-refractivity contribution in [3.05, 3.63) is 56.0 Å². The lowest BCUT2D eigenvalue weighted by Gasteiger charge is -2.45. The van der Waals surface area contributed by atoms with Gasteiger partial charge in [-0.05, 0) is 63.6 Å². The number of hydrogen-bond donors (Lipinski definition) is 1. The topological polar surface area (TPSA) is 59.7 Å². The summed E-state index contributed by atoms with van der Waals surface area (Å²) in [5, 5.41) is 0.583. The molecule has 2 heterocycles. The molecule has 1 aromatic heterocycles. The van der Waals surface area contributed by atoms with E-state index in [4.69, 9.17) is 11.6 Å². The van der Waals surface area contributed by atoms with Crippen LogP contribution in [0.15, 0.2) is 23.0 Å². The molecule has 1 aromatic carbocycles. The van der Waals surface area contributed by atoms with Gasteiger partial charge in [-0.15, -0.1) is 0 Å². The van der Waals surface area contributed by atoms with Gasteiger partial charge in [-0.3, -0.25) is 9.59 Å². The highest BCUT2D eigenvalue weighted by atomic mass is 35.5. The molecule has 1 saturated heterocycles. The highest BCUT2D eigenvalue weighted by Crippen LogP contribution is 2.35. The molecule has 1 amide bonds. The van der Waals surface area contributed by atoms with E-state index in [1.165, 1.54) is 0 Å². The normalized spacial score (nSPS) is 14.4. The van der Waals surface area contributed by atoms with Gasteiger partial charge in [0.15, 0.2) is 0 Å². The average molecular weight is 445 g/mol. The Morgan fingerprint density at radius 1 is 1.19 bits per heavy atom. The van der Waals surface area contributed by atoms with Crippen LogP contribution in [0.1, 0.15) is 42.7 Å². The summed E-state index contributed by atoms with van der Waals surface area (Å²) < 4.78 is 0. The van der Waals surface area contributed by atoms with Gasteiger partial charge in [-0.2, -0.15) is 0 Å². The summed E-state index contributed by atoms with van der Waals surface area (Å²) in [5.41, 5.74) is 5.10. The maximum Gasteiger partial charge on any atom is 0.253 e. The molecule has 0 unspecified atom stereocenters. The highest BCUT2D eigenvalue weighted by Gasteiger charge is 2.30. The first-order valence-corrected chi connectivity index (χ1v) is 11.4. The molecule has 6 nitrogen and oxygen atoms in total. The third-order valence-electron chi connectivity index (χ3n) is 6.10. The number of likely N-dealkylation sites (N-methyl/N-ethyl adjacent to an activating group) is 2. The zero-order chi connectivity index (χ0) is 22.7. The van der Waals surface area contributed by atoms with E-state index in [0.29, 0.717) is 16.6 Å².